The van der Waals surface area contributed by atoms with Gasteiger partial charge in [0, 0.05) is 12.1 Å². The maximum absolute atomic E-state index is 13.6. The molecule has 1 aromatic carbocycles. The third-order valence-electron chi connectivity index (χ3n) is 4.12. The SMILES string of the molecule is CC(C)C1CCCC(Nc2c(F)c(F)cc(F)c2F)C1. The van der Waals surface area contributed by atoms with Crippen LogP contribution >= 0.6 is 0 Å². The minimum atomic E-state index is -1.37. The summed E-state index contributed by atoms with van der Waals surface area (Å²) < 4.78 is 53.5. The monoisotopic (exact) mass is 289 g/mol. The van der Waals surface area contributed by atoms with Gasteiger partial charge in [-0.1, -0.05) is 26.7 Å². The molecule has 112 valence electrons. The minimum absolute atomic E-state index is 0.152. The van der Waals surface area contributed by atoms with Crippen LogP contribution in [-0.2, 0) is 0 Å². The Bertz CT molecular complexity index is 461. The van der Waals surface area contributed by atoms with E-state index in [1.807, 2.05) is 0 Å². The number of anilines is 1. The molecule has 0 aromatic heterocycles. The highest BCUT2D eigenvalue weighted by Gasteiger charge is 2.27. The zero-order chi connectivity index (χ0) is 14.9. The second kappa shape index (κ2) is 6.02. The fourth-order valence-electron chi connectivity index (χ4n) is 2.87. The number of hydrogen-bond acceptors (Lipinski definition) is 1. The van der Waals surface area contributed by atoms with Gasteiger partial charge in [0.15, 0.2) is 23.3 Å². The quantitative estimate of drug-likeness (QED) is 0.618. The Hall–Kier alpha value is -1.26. The van der Waals surface area contributed by atoms with Crippen LogP contribution in [0.15, 0.2) is 6.07 Å². The van der Waals surface area contributed by atoms with Crippen molar-refractivity contribution < 1.29 is 17.6 Å². The van der Waals surface area contributed by atoms with Crippen LogP contribution in [0, 0.1) is 35.1 Å². The molecule has 1 N–H and O–H groups in total. The average molecular weight is 289 g/mol. The maximum atomic E-state index is 13.6. The topological polar surface area (TPSA) is 12.0 Å². The van der Waals surface area contributed by atoms with E-state index in [1.54, 1.807) is 0 Å². The van der Waals surface area contributed by atoms with Crippen LogP contribution in [0.2, 0.25) is 0 Å². The van der Waals surface area contributed by atoms with E-state index < -0.39 is 29.0 Å². The van der Waals surface area contributed by atoms with E-state index in [9.17, 15) is 17.6 Å². The molecule has 1 aromatic rings. The molecule has 1 aliphatic carbocycles. The number of nitrogens with one attached hydrogen (secondary N) is 1. The van der Waals surface area contributed by atoms with Gasteiger partial charge in [-0.05, 0) is 24.7 Å². The zero-order valence-corrected chi connectivity index (χ0v) is 11.6. The Morgan fingerprint density at radius 3 is 2.20 bits per heavy atom. The Kier molecular flexibility index (Phi) is 4.55. The molecular weight excluding hydrogens is 270 g/mol. The Morgan fingerprint density at radius 1 is 1.05 bits per heavy atom. The van der Waals surface area contributed by atoms with Gasteiger partial charge in [0.2, 0.25) is 0 Å². The van der Waals surface area contributed by atoms with E-state index in [2.05, 4.69) is 19.2 Å². The smallest absolute Gasteiger partial charge is 0.185 e. The predicted molar refractivity (Wildman–Crippen MR) is 70.5 cm³/mol. The Labute approximate surface area is 116 Å². The lowest BCUT2D eigenvalue weighted by molar-refractivity contribution is 0.263. The number of benzene rings is 1. The Morgan fingerprint density at radius 2 is 1.65 bits per heavy atom. The highest BCUT2D eigenvalue weighted by atomic mass is 19.2. The van der Waals surface area contributed by atoms with Gasteiger partial charge in [-0.2, -0.15) is 0 Å². The van der Waals surface area contributed by atoms with Crippen LogP contribution in [-0.4, -0.2) is 6.04 Å². The van der Waals surface area contributed by atoms with E-state index in [0.717, 1.165) is 25.7 Å². The van der Waals surface area contributed by atoms with Crippen molar-refractivity contribution in [1.29, 1.82) is 0 Å². The summed E-state index contributed by atoms with van der Waals surface area (Å²) in [7, 11) is 0. The van der Waals surface area contributed by atoms with Crippen LogP contribution in [0.3, 0.4) is 0 Å². The molecule has 0 spiro atoms. The van der Waals surface area contributed by atoms with Crippen molar-refractivity contribution in [3.63, 3.8) is 0 Å². The molecule has 2 unspecified atom stereocenters. The molecule has 0 saturated heterocycles. The van der Waals surface area contributed by atoms with Crippen molar-refractivity contribution in [3.8, 4) is 0 Å². The summed E-state index contributed by atoms with van der Waals surface area (Å²) in [5.74, 6) is -4.50. The van der Waals surface area contributed by atoms with Gasteiger partial charge in [0.05, 0.1) is 0 Å². The van der Waals surface area contributed by atoms with Crippen LogP contribution in [0.25, 0.3) is 0 Å². The molecule has 1 saturated carbocycles. The van der Waals surface area contributed by atoms with Crippen molar-refractivity contribution in [2.75, 3.05) is 5.32 Å². The van der Waals surface area contributed by atoms with Crippen LogP contribution in [0.5, 0.6) is 0 Å². The first kappa shape index (κ1) is 15.1. The lowest BCUT2D eigenvalue weighted by atomic mass is 9.79. The van der Waals surface area contributed by atoms with Gasteiger partial charge >= 0.3 is 0 Å². The lowest BCUT2D eigenvalue weighted by Gasteiger charge is -2.32. The number of hydrogen-bond donors (Lipinski definition) is 1. The van der Waals surface area contributed by atoms with E-state index in [-0.39, 0.29) is 12.1 Å². The Balaban J connectivity index is 2.18. The molecule has 0 heterocycles. The summed E-state index contributed by atoms with van der Waals surface area (Å²) in [6, 6.07) is 0.0783. The summed E-state index contributed by atoms with van der Waals surface area (Å²) in [6.45, 7) is 4.21. The first-order valence-corrected chi connectivity index (χ1v) is 6.99. The zero-order valence-electron chi connectivity index (χ0n) is 11.6. The fraction of sp³-hybridized carbons (Fsp3) is 0.600. The average Bonchev–Trinajstić information content (AvgIpc) is 2.42. The molecule has 0 bridgehead atoms. The van der Waals surface area contributed by atoms with Crippen LogP contribution < -0.4 is 5.32 Å². The molecule has 1 nitrogen and oxygen atoms in total. The fourth-order valence-corrected chi connectivity index (χ4v) is 2.87. The van der Waals surface area contributed by atoms with Crippen molar-refractivity contribution >= 4 is 5.69 Å². The molecule has 0 radical (unpaired) electrons. The van der Waals surface area contributed by atoms with Gasteiger partial charge in [-0.3, -0.25) is 0 Å². The van der Waals surface area contributed by atoms with E-state index in [4.69, 9.17) is 0 Å². The molecule has 2 rings (SSSR count). The van der Waals surface area contributed by atoms with E-state index >= 15 is 0 Å². The first-order chi connectivity index (χ1) is 9.40. The number of halogens is 4. The van der Waals surface area contributed by atoms with Gasteiger partial charge < -0.3 is 5.32 Å². The van der Waals surface area contributed by atoms with Crippen molar-refractivity contribution in [2.24, 2.45) is 11.8 Å². The predicted octanol–water partition coefficient (Wildman–Crippen LogP) is 4.87. The van der Waals surface area contributed by atoms with Crippen LogP contribution in [0.1, 0.15) is 39.5 Å². The molecular formula is C15H19F4N. The molecule has 5 heteroatoms. The molecule has 1 aliphatic rings. The standard InChI is InChI=1S/C15H19F4N/c1-8(2)9-4-3-5-10(6-9)20-15-13(18)11(16)7-12(17)14(15)19/h7-10,20H,3-6H2,1-2H3. The van der Waals surface area contributed by atoms with Crippen molar-refractivity contribution in [2.45, 2.75) is 45.6 Å². The highest BCUT2D eigenvalue weighted by molar-refractivity contribution is 5.48. The third-order valence-corrected chi connectivity index (χ3v) is 4.12. The second-order valence-electron chi connectivity index (χ2n) is 5.86. The summed E-state index contributed by atoms with van der Waals surface area (Å²) in [6.07, 6.45) is 3.54. The number of rotatable bonds is 3. The van der Waals surface area contributed by atoms with Gasteiger partial charge in [-0.15, -0.1) is 0 Å². The maximum Gasteiger partial charge on any atom is 0.185 e. The molecule has 2 atom stereocenters. The molecule has 0 aliphatic heterocycles. The third kappa shape index (κ3) is 3.07. The van der Waals surface area contributed by atoms with Gasteiger partial charge in [0.25, 0.3) is 0 Å². The normalized spacial score (nSPS) is 23.1. The van der Waals surface area contributed by atoms with E-state index in [0.29, 0.717) is 11.8 Å². The van der Waals surface area contributed by atoms with Crippen LogP contribution in [0.4, 0.5) is 23.2 Å². The lowest BCUT2D eigenvalue weighted by Crippen LogP contribution is -2.30. The van der Waals surface area contributed by atoms with Crippen molar-refractivity contribution in [1.82, 2.24) is 0 Å². The summed E-state index contributed by atoms with van der Waals surface area (Å²) in [4.78, 5) is 0. The molecule has 1 fully saturated rings. The van der Waals surface area contributed by atoms with Gasteiger partial charge in [0.1, 0.15) is 5.69 Å². The minimum Gasteiger partial charge on any atom is -0.377 e. The second-order valence-corrected chi connectivity index (χ2v) is 5.86. The summed E-state index contributed by atoms with van der Waals surface area (Å²) in [5.41, 5.74) is -0.683. The highest BCUT2D eigenvalue weighted by Crippen LogP contribution is 2.33. The molecule has 0 amide bonds. The summed E-state index contributed by atoms with van der Waals surface area (Å²) in [5, 5.41) is 2.65. The van der Waals surface area contributed by atoms with Gasteiger partial charge in [-0.25, -0.2) is 17.6 Å². The largest absolute Gasteiger partial charge is 0.377 e. The van der Waals surface area contributed by atoms with Crippen molar-refractivity contribution in [3.05, 3.63) is 29.3 Å². The first-order valence-electron chi connectivity index (χ1n) is 6.99. The summed E-state index contributed by atoms with van der Waals surface area (Å²) >= 11 is 0. The van der Waals surface area contributed by atoms with E-state index in [1.165, 1.54) is 0 Å². The molecule has 20 heavy (non-hydrogen) atoms.